The zero-order valence-corrected chi connectivity index (χ0v) is 12.1. The molecule has 5 heteroatoms. The van der Waals surface area contributed by atoms with E-state index in [9.17, 15) is 0 Å². The summed E-state index contributed by atoms with van der Waals surface area (Å²) in [5.74, 6) is 1.06. The number of methoxy groups -OCH3 is 1. The molecular weight excluding hydrogens is 262 g/mol. The lowest BCUT2D eigenvalue weighted by Gasteiger charge is -2.13. The summed E-state index contributed by atoms with van der Waals surface area (Å²) >= 11 is 6.07. The van der Waals surface area contributed by atoms with E-state index in [2.05, 4.69) is 18.9 Å². The monoisotopic (exact) mass is 279 g/mol. The van der Waals surface area contributed by atoms with Gasteiger partial charge in [0.1, 0.15) is 11.4 Å². The first-order chi connectivity index (χ1) is 9.06. The van der Waals surface area contributed by atoms with Crippen molar-refractivity contribution in [3.05, 3.63) is 40.7 Å². The molecule has 0 fully saturated rings. The van der Waals surface area contributed by atoms with E-state index in [0.717, 1.165) is 22.8 Å². The summed E-state index contributed by atoms with van der Waals surface area (Å²) in [4.78, 5) is 0. The zero-order chi connectivity index (χ0) is 14.0. The molecule has 0 aliphatic rings. The van der Waals surface area contributed by atoms with Crippen LogP contribution < -0.4 is 10.5 Å². The van der Waals surface area contributed by atoms with Gasteiger partial charge in [0.2, 0.25) is 0 Å². The van der Waals surface area contributed by atoms with E-state index in [1.54, 1.807) is 13.2 Å². The van der Waals surface area contributed by atoms with Crippen LogP contribution in [-0.4, -0.2) is 16.9 Å². The Kier molecular flexibility index (Phi) is 4.12. The van der Waals surface area contributed by atoms with Crippen LogP contribution in [0.2, 0.25) is 5.02 Å². The van der Waals surface area contributed by atoms with Gasteiger partial charge in [-0.25, -0.2) is 4.68 Å². The molecule has 0 atom stereocenters. The smallest absolute Gasteiger partial charge is 0.144 e. The quantitative estimate of drug-likeness (QED) is 0.935. The van der Waals surface area contributed by atoms with Crippen LogP contribution in [0.4, 0.5) is 0 Å². The molecule has 102 valence electrons. The van der Waals surface area contributed by atoms with Gasteiger partial charge in [0.05, 0.1) is 12.8 Å². The fourth-order valence-corrected chi connectivity index (χ4v) is 2.15. The van der Waals surface area contributed by atoms with Crippen LogP contribution in [0.3, 0.4) is 0 Å². The minimum Gasteiger partial charge on any atom is -0.494 e. The number of rotatable bonds is 4. The Morgan fingerprint density at radius 3 is 2.68 bits per heavy atom. The molecule has 1 aromatic heterocycles. The lowest BCUT2D eigenvalue weighted by Crippen LogP contribution is -2.06. The van der Waals surface area contributed by atoms with Crippen molar-refractivity contribution in [2.75, 3.05) is 7.11 Å². The Labute approximate surface area is 118 Å². The van der Waals surface area contributed by atoms with Gasteiger partial charge < -0.3 is 10.5 Å². The average molecular weight is 280 g/mol. The average Bonchev–Trinajstić information content (AvgIpc) is 2.83. The Morgan fingerprint density at radius 2 is 2.11 bits per heavy atom. The minimum absolute atomic E-state index is 0.330. The number of benzene rings is 1. The molecule has 0 aliphatic heterocycles. The Balaban J connectivity index is 2.63. The highest BCUT2D eigenvalue weighted by Crippen LogP contribution is 2.29. The van der Waals surface area contributed by atoms with Gasteiger partial charge >= 0.3 is 0 Å². The highest BCUT2D eigenvalue weighted by Gasteiger charge is 2.15. The Hall–Kier alpha value is -1.52. The van der Waals surface area contributed by atoms with Crippen LogP contribution in [0.15, 0.2) is 24.3 Å². The van der Waals surface area contributed by atoms with E-state index in [1.165, 1.54) is 0 Å². The predicted molar refractivity (Wildman–Crippen MR) is 77.1 cm³/mol. The molecule has 0 unspecified atom stereocenters. The first-order valence-electron chi connectivity index (χ1n) is 6.19. The van der Waals surface area contributed by atoms with Crippen molar-refractivity contribution in [2.24, 2.45) is 5.73 Å². The van der Waals surface area contributed by atoms with E-state index >= 15 is 0 Å². The predicted octanol–water partition coefficient (Wildman–Crippen LogP) is 3.12. The third-order valence-corrected chi connectivity index (χ3v) is 3.19. The summed E-state index contributed by atoms with van der Waals surface area (Å²) in [6.45, 7) is 4.64. The molecule has 2 aromatic rings. The van der Waals surface area contributed by atoms with Crippen LogP contribution in [0.25, 0.3) is 5.69 Å². The molecule has 1 heterocycles. The normalized spacial score (nSPS) is 11.1. The van der Waals surface area contributed by atoms with Gasteiger partial charge in [-0.05, 0) is 30.2 Å². The standard InChI is InChI=1S/C14H18ClN3O/c1-9(2)12-7-11(8-16)17-18(12)13-6-10(15)4-5-14(13)19-3/h4-7,9H,8,16H2,1-3H3. The number of ether oxygens (including phenoxy) is 1. The number of aromatic nitrogens is 2. The van der Waals surface area contributed by atoms with Crippen molar-refractivity contribution < 1.29 is 4.74 Å². The van der Waals surface area contributed by atoms with Crippen molar-refractivity contribution in [1.82, 2.24) is 9.78 Å². The first kappa shape index (κ1) is 13.9. The van der Waals surface area contributed by atoms with E-state index in [0.29, 0.717) is 17.5 Å². The molecule has 0 saturated heterocycles. The lowest BCUT2D eigenvalue weighted by atomic mass is 10.1. The van der Waals surface area contributed by atoms with Crippen LogP contribution in [0, 0.1) is 0 Å². The van der Waals surface area contributed by atoms with Gasteiger partial charge in [-0.1, -0.05) is 25.4 Å². The number of halogens is 1. The molecule has 19 heavy (non-hydrogen) atoms. The van der Waals surface area contributed by atoms with Gasteiger partial charge in [0.25, 0.3) is 0 Å². The van der Waals surface area contributed by atoms with Gasteiger partial charge in [-0.2, -0.15) is 5.10 Å². The van der Waals surface area contributed by atoms with E-state index in [1.807, 2.05) is 22.9 Å². The number of nitrogens with two attached hydrogens (primary N) is 1. The van der Waals surface area contributed by atoms with E-state index in [-0.39, 0.29) is 0 Å². The zero-order valence-electron chi connectivity index (χ0n) is 11.4. The Bertz CT molecular complexity index is 578. The van der Waals surface area contributed by atoms with Gasteiger partial charge in [-0.15, -0.1) is 0 Å². The van der Waals surface area contributed by atoms with Crippen LogP contribution >= 0.6 is 11.6 Å². The second-order valence-electron chi connectivity index (χ2n) is 4.65. The van der Waals surface area contributed by atoms with Gasteiger partial charge in [0, 0.05) is 17.3 Å². The van der Waals surface area contributed by atoms with Gasteiger partial charge in [0.15, 0.2) is 0 Å². The molecule has 1 aromatic carbocycles. The first-order valence-corrected chi connectivity index (χ1v) is 6.57. The van der Waals surface area contributed by atoms with Crippen molar-refractivity contribution in [3.8, 4) is 11.4 Å². The van der Waals surface area contributed by atoms with Crippen LogP contribution in [-0.2, 0) is 6.54 Å². The fraction of sp³-hybridized carbons (Fsp3) is 0.357. The molecule has 0 saturated carbocycles. The summed E-state index contributed by atoms with van der Waals surface area (Å²) < 4.78 is 7.24. The van der Waals surface area contributed by atoms with Crippen molar-refractivity contribution in [1.29, 1.82) is 0 Å². The third kappa shape index (κ3) is 2.74. The van der Waals surface area contributed by atoms with Gasteiger partial charge in [-0.3, -0.25) is 0 Å². The second kappa shape index (κ2) is 5.63. The molecule has 0 radical (unpaired) electrons. The Morgan fingerprint density at radius 1 is 1.37 bits per heavy atom. The highest BCUT2D eigenvalue weighted by molar-refractivity contribution is 6.30. The number of hydrogen-bond donors (Lipinski definition) is 1. The van der Waals surface area contributed by atoms with Crippen LogP contribution in [0.5, 0.6) is 5.75 Å². The third-order valence-electron chi connectivity index (χ3n) is 2.96. The maximum Gasteiger partial charge on any atom is 0.144 e. The largest absolute Gasteiger partial charge is 0.494 e. The SMILES string of the molecule is COc1ccc(Cl)cc1-n1nc(CN)cc1C(C)C. The molecule has 0 bridgehead atoms. The highest BCUT2D eigenvalue weighted by atomic mass is 35.5. The molecule has 0 spiro atoms. The van der Waals surface area contributed by atoms with Crippen molar-refractivity contribution in [3.63, 3.8) is 0 Å². The summed E-state index contributed by atoms with van der Waals surface area (Å²) in [5, 5.41) is 5.17. The summed E-state index contributed by atoms with van der Waals surface area (Å²) in [6, 6.07) is 7.50. The van der Waals surface area contributed by atoms with E-state index in [4.69, 9.17) is 22.1 Å². The second-order valence-corrected chi connectivity index (χ2v) is 5.08. The molecule has 2 rings (SSSR count). The topological polar surface area (TPSA) is 53.1 Å². The molecule has 0 aliphatic carbocycles. The molecule has 4 nitrogen and oxygen atoms in total. The molecular formula is C14H18ClN3O. The summed E-state index contributed by atoms with van der Waals surface area (Å²) in [7, 11) is 1.63. The van der Waals surface area contributed by atoms with E-state index < -0.39 is 0 Å². The maximum absolute atomic E-state index is 6.07. The minimum atomic E-state index is 0.330. The lowest BCUT2D eigenvalue weighted by molar-refractivity contribution is 0.411. The molecule has 0 amide bonds. The molecule has 2 N–H and O–H groups in total. The van der Waals surface area contributed by atoms with Crippen LogP contribution in [0.1, 0.15) is 31.2 Å². The summed E-state index contributed by atoms with van der Waals surface area (Å²) in [6.07, 6.45) is 0. The van der Waals surface area contributed by atoms with Crippen molar-refractivity contribution >= 4 is 11.6 Å². The van der Waals surface area contributed by atoms with Crippen molar-refractivity contribution in [2.45, 2.75) is 26.3 Å². The maximum atomic E-state index is 6.07. The number of hydrogen-bond acceptors (Lipinski definition) is 3. The summed E-state index contributed by atoms with van der Waals surface area (Å²) in [5.41, 5.74) is 8.45. The number of nitrogens with zero attached hydrogens (tertiary/aromatic N) is 2. The fourth-order valence-electron chi connectivity index (χ4n) is 1.98.